The highest BCUT2D eigenvalue weighted by molar-refractivity contribution is 5.81. The second kappa shape index (κ2) is 7.52. The van der Waals surface area contributed by atoms with Gasteiger partial charge in [0.25, 0.3) is 0 Å². The number of allylic oxidation sites excluding steroid dienone is 1. The molecule has 0 radical (unpaired) electrons. The lowest BCUT2D eigenvalue weighted by molar-refractivity contribution is -0.130. The van der Waals surface area contributed by atoms with E-state index in [1.807, 2.05) is 0 Å². The van der Waals surface area contributed by atoms with Gasteiger partial charge in [-0.1, -0.05) is 18.6 Å². The van der Waals surface area contributed by atoms with Gasteiger partial charge in [-0.05, 0) is 85.7 Å². The van der Waals surface area contributed by atoms with Crippen LogP contribution in [-0.4, -0.2) is 50.4 Å². The number of Topliss-reactive ketones (excluding diaryl/α,β-unsaturated/α-hetero) is 1. The Kier molecular flexibility index (Phi) is 5.09. The van der Waals surface area contributed by atoms with Crippen molar-refractivity contribution in [2.75, 3.05) is 13.7 Å². The molecule has 0 bridgehead atoms. The zero-order valence-corrected chi connectivity index (χ0v) is 18.2. The summed E-state index contributed by atoms with van der Waals surface area (Å²) in [7, 11) is 1.67. The van der Waals surface area contributed by atoms with Crippen LogP contribution in [0.5, 0.6) is 0 Å². The predicted molar refractivity (Wildman–Crippen MR) is 110 cm³/mol. The van der Waals surface area contributed by atoms with Crippen molar-refractivity contribution in [2.24, 2.45) is 35.0 Å². The lowest BCUT2D eigenvalue weighted by Gasteiger charge is -2.54. The third kappa shape index (κ3) is 3.25. The van der Waals surface area contributed by atoms with Gasteiger partial charge in [-0.25, -0.2) is 0 Å². The first kappa shape index (κ1) is 20.3. The number of nitrogens with zero attached hydrogens (tertiary/aromatic N) is 4. The number of carbonyl (C=O) groups is 1. The maximum absolute atomic E-state index is 13.1. The van der Waals surface area contributed by atoms with Crippen LogP contribution in [0.25, 0.3) is 0 Å². The summed E-state index contributed by atoms with van der Waals surface area (Å²) in [6, 6.07) is 0. The summed E-state index contributed by atoms with van der Waals surface area (Å²) in [5, 5.41) is 22.5. The number of aliphatic hydroxyl groups is 1. The number of tetrazole rings is 1. The summed E-state index contributed by atoms with van der Waals surface area (Å²) >= 11 is 0. The second-order valence-electron chi connectivity index (χ2n) is 10.5. The van der Waals surface area contributed by atoms with Gasteiger partial charge in [-0.2, -0.15) is 4.80 Å². The molecule has 0 aliphatic heterocycles. The zero-order valence-electron chi connectivity index (χ0n) is 18.2. The number of ether oxygens (including phenoxy) is 1. The van der Waals surface area contributed by atoms with Crippen LogP contribution in [0.4, 0.5) is 0 Å². The molecule has 5 rings (SSSR count). The third-order valence-electron chi connectivity index (χ3n) is 9.08. The largest absolute Gasteiger partial charge is 0.387 e. The van der Waals surface area contributed by atoms with E-state index in [0.717, 1.165) is 44.9 Å². The SMILES string of the molecule is COC[C@]1(O)CC[C@H]2C(=CC[C@@H]3[C@@H]2CC[C@]2(C)[C@@H](C(=O)Cn4ncnn4)CC[C@@H]32)C1. The van der Waals surface area contributed by atoms with Crippen molar-refractivity contribution in [3.63, 3.8) is 0 Å². The summed E-state index contributed by atoms with van der Waals surface area (Å²) < 4.78 is 5.29. The van der Waals surface area contributed by atoms with E-state index in [2.05, 4.69) is 28.4 Å². The van der Waals surface area contributed by atoms with E-state index in [1.165, 1.54) is 23.1 Å². The van der Waals surface area contributed by atoms with E-state index in [9.17, 15) is 9.90 Å². The van der Waals surface area contributed by atoms with Gasteiger partial charge in [-0.15, -0.1) is 10.2 Å². The minimum atomic E-state index is -0.687. The number of carbonyl (C=O) groups excluding carboxylic acids is 1. The van der Waals surface area contributed by atoms with E-state index >= 15 is 0 Å². The highest BCUT2D eigenvalue weighted by Crippen LogP contribution is 2.63. The van der Waals surface area contributed by atoms with E-state index in [-0.39, 0.29) is 23.7 Å². The molecule has 4 aliphatic rings. The van der Waals surface area contributed by atoms with Gasteiger partial charge in [-0.3, -0.25) is 4.79 Å². The fourth-order valence-corrected chi connectivity index (χ4v) is 7.80. The number of hydrogen-bond donors (Lipinski definition) is 1. The summed E-state index contributed by atoms with van der Waals surface area (Å²) in [6.07, 6.45) is 12.1. The first-order valence-corrected chi connectivity index (χ1v) is 11.6. The molecular weight excluding hydrogens is 380 g/mol. The molecule has 30 heavy (non-hydrogen) atoms. The minimum absolute atomic E-state index is 0.0929. The van der Waals surface area contributed by atoms with Gasteiger partial charge in [0.15, 0.2) is 12.1 Å². The van der Waals surface area contributed by atoms with Crippen molar-refractivity contribution < 1.29 is 14.6 Å². The number of aromatic nitrogens is 4. The maximum atomic E-state index is 13.1. The Morgan fingerprint density at radius 1 is 1.27 bits per heavy atom. The van der Waals surface area contributed by atoms with Crippen LogP contribution in [0.1, 0.15) is 58.3 Å². The standard InChI is InChI=1S/C23H34N4O3/c1-22-9-7-17-16-8-10-23(29,13-30-2)11-15(16)3-4-18(17)19(22)5-6-20(22)21(28)12-27-25-14-24-26-27/h3,14,16-20,29H,4-13H2,1-2H3/t16-,17+,18+,19-,20+,22-,23-/m0/s1. The number of fused-ring (bicyclic) bond motifs is 5. The van der Waals surface area contributed by atoms with Gasteiger partial charge < -0.3 is 9.84 Å². The van der Waals surface area contributed by atoms with Gasteiger partial charge in [0, 0.05) is 13.0 Å². The van der Waals surface area contributed by atoms with Crippen LogP contribution in [0.15, 0.2) is 18.0 Å². The Morgan fingerprint density at radius 2 is 2.13 bits per heavy atom. The van der Waals surface area contributed by atoms with Crippen LogP contribution in [-0.2, 0) is 16.1 Å². The molecule has 0 unspecified atom stereocenters. The molecule has 3 fully saturated rings. The van der Waals surface area contributed by atoms with E-state index in [4.69, 9.17) is 4.74 Å². The number of ketones is 1. The lowest BCUT2D eigenvalue weighted by atomic mass is 9.51. The molecule has 1 heterocycles. The molecule has 0 aromatic carbocycles. The monoisotopic (exact) mass is 414 g/mol. The molecule has 7 nitrogen and oxygen atoms in total. The fraction of sp³-hybridized carbons (Fsp3) is 0.826. The maximum Gasteiger partial charge on any atom is 0.162 e. The topological polar surface area (TPSA) is 90.1 Å². The molecule has 3 saturated carbocycles. The van der Waals surface area contributed by atoms with Crippen molar-refractivity contribution in [2.45, 2.75) is 70.4 Å². The quantitative estimate of drug-likeness (QED) is 0.745. The average molecular weight is 415 g/mol. The first-order valence-electron chi connectivity index (χ1n) is 11.6. The smallest absolute Gasteiger partial charge is 0.162 e. The van der Waals surface area contributed by atoms with Crippen molar-refractivity contribution >= 4 is 5.78 Å². The Labute approximate surface area is 178 Å². The van der Waals surface area contributed by atoms with Crippen molar-refractivity contribution in [3.05, 3.63) is 18.0 Å². The third-order valence-corrected chi connectivity index (χ3v) is 9.08. The Hall–Kier alpha value is -1.60. The molecular formula is C23H34N4O3. The predicted octanol–water partition coefficient (Wildman–Crippen LogP) is 2.81. The van der Waals surface area contributed by atoms with Crippen LogP contribution < -0.4 is 0 Å². The van der Waals surface area contributed by atoms with Crippen LogP contribution in [0.3, 0.4) is 0 Å². The van der Waals surface area contributed by atoms with Gasteiger partial charge in [0.1, 0.15) is 6.54 Å². The summed E-state index contributed by atoms with van der Waals surface area (Å²) in [4.78, 5) is 14.5. The Bertz CT molecular complexity index is 824. The molecule has 1 aromatic heterocycles. The highest BCUT2D eigenvalue weighted by Gasteiger charge is 2.57. The normalized spacial score (nSPS) is 42.8. The van der Waals surface area contributed by atoms with E-state index in [0.29, 0.717) is 30.3 Å². The van der Waals surface area contributed by atoms with Crippen molar-refractivity contribution in [1.29, 1.82) is 0 Å². The molecule has 4 aliphatic carbocycles. The number of methoxy groups -OCH3 is 1. The van der Waals surface area contributed by atoms with Crippen molar-refractivity contribution in [3.8, 4) is 0 Å². The molecule has 1 N–H and O–H groups in total. The van der Waals surface area contributed by atoms with Crippen LogP contribution in [0, 0.1) is 35.0 Å². The molecule has 1 aromatic rings. The number of rotatable bonds is 5. The molecule has 0 saturated heterocycles. The molecule has 7 atom stereocenters. The van der Waals surface area contributed by atoms with Gasteiger partial charge in [0.2, 0.25) is 0 Å². The Morgan fingerprint density at radius 3 is 2.90 bits per heavy atom. The summed E-state index contributed by atoms with van der Waals surface area (Å²) in [6.45, 7) is 3.04. The van der Waals surface area contributed by atoms with Crippen molar-refractivity contribution in [1.82, 2.24) is 20.2 Å². The fourth-order valence-electron chi connectivity index (χ4n) is 7.80. The van der Waals surface area contributed by atoms with Gasteiger partial charge in [0.05, 0.1) is 12.2 Å². The summed E-state index contributed by atoms with van der Waals surface area (Å²) in [5.74, 6) is 2.99. The van der Waals surface area contributed by atoms with E-state index < -0.39 is 5.60 Å². The first-order chi connectivity index (χ1) is 14.4. The minimum Gasteiger partial charge on any atom is -0.387 e. The van der Waals surface area contributed by atoms with Crippen LogP contribution >= 0.6 is 0 Å². The van der Waals surface area contributed by atoms with E-state index in [1.54, 1.807) is 7.11 Å². The second-order valence-corrected chi connectivity index (χ2v) is 10.5. The highest BCUT2D eigenvalue weighted by atomic mass is 16.5. The van der Waals surface area contributed by atoms with Gasteiger partial charge >= 0.3 is 0 Å². The Balaban J connectivity index is 1.33. The van der Waals surface area contributed by atoms with Crippen LogP contribution in [0.2, 0.25) is 0 Å². The molecule has 7 heteroatoms. The molecule has 164 valence electrons. The zero-order chi connectivity index (χ0) is 20.9. The lowest BCUT2D eigenvalue weighted by Crippen LogP contribution is -2.49. The number of hydrogen-bond acceptors (Lipinski definition) is 6. The molecule has 0 amide bonds. The summed E-state index contributed by atoms with van der Waals surface area (Å²) in [5.41, 5.74) is 0.872. The average Bonchev–Trinajstić information content (AvgIpc) is 3.34. The molecule has 0 spiro atoms.